The Bertz CT molecular complexity index is 680. The predicted octanol–water partition coefficient (Wildman–Crippen LogP) is 1.72. The molecule has 0 radical (unpaired) electrons. The van der Waals surface area contributed by atoms with Crippen LogP contribution in [-0.2, 0) is 14.3 Å². The number of carbonyl (C=O) groups excluding carboxylic acids is 2. The largest absolute Gasteiger partial charge is 0.374 e. The van der Waals surface area contributed by atoms with Crippen molar-refractivity contribution in [2.75, 3.05) is 38.1 Å². The molecule has 1 aromatic carbocycles. The molecule has 7 heteroatoms. The van der Waals surface area contributed by atoms with Crippen LogP contribution in [0.2, 0.25) is 0 Å². The smallest absolute Gasteiger partial charge is 0.228 e. The average Bonchev–Trinajstić information content (AvgIpc) is 2.58. The van der Waals surface area contributed by atoms with Gasteiger partial charge in [-0.05, 0) is 23.6 Å². The standard InChI is InChI=1S/C19H26FN3O3/c1-12(2)10-23-5-6-26-14(11-23)9-21-19(25)16-8-18(24)22-17-7-13(20)3-4-15(16)17/h3-4,7,12,14,16H,5-6,8-11H2,1-2H3,(H,21,25)(H,22,24)/t14-,16+/m1/s1. The Morgan fingerprint density at radius 2 is 2.27 bits per heavy atom. The van der Waals surface area contributed by atoms with E-state index in [0.29, 0.717) is 30.3 Å². The van der Waals surface area contributed by atoms with Crippen LogP contribution in [0, 0.1) is 11.7 Å². The van der Waals surface area contributed by atoms with Gasteiger partial charge in [0.1, 0.15) is 5.82 Å². The molecule has 2 amide bonds. The van der Waals surface area contributed by atoms with Crippen LogP contribution in [0.5, 0.6) is 0 Å². The van der Waals surface area contributed by atoms with Gasteiger partial charge in [0, 0.05) is 38.3 Å². The van der Waals surface area contributed by atoms with Crippen molar-refractivity contribution in [3.63, 3.8) is 0 Å². The third kappa shape index (κ3) is 4.59. The van der Waals surface area contributed by atoms with Gasteiger partial charge in [-0.15, -0.1) is 0 Å². The molecule has 2 aliphatic rings. The quantitative estimate of drug-likeness (QED) is 0.836. The molecule has 0 saturated carbocycles. The second kappa shape index (κ2) is 8.14. The van der Waals surface area contributed by atoms with Crippen molar-refractivity contribution in [1.82, 2.24) is 10.2 Å². The first-order chi connectivity index (χ1) is 12.4. The summed E-state index contributed by atoms with van der Waals surface area (Å²) < 4.78 is 19.1. The summed E-state index contributed by atoms with van der Waals surface area (Å²) >= 11 is 0. The summed E-state index contributed by atoms with van der Waals surface area (Å²) in [6, 6.07) is 4.13. The van der Waals surface area contributed by atoms with Crippen LogP contribution in [0.3, 0.4) is 0 Å². The molecule has 2 heterocycles. The highest BCUT2D eigenvalue weighted by Crippen LogP contribution is 2.32. The van der Waals surface area contributed by atoms with Gasteiger partial charge < -0.3 is 15.4 Å². The van der Waals surface area contributed by atoms with Crippen LogP contribution in [0.1, 0.15) is 31.7 Å². The van der Waals surface area contributed by atoms with Crippen LogP contribution in [0.15, 0.2) is 18.2 Å². The van der Waals surface area contributed by atoms with Crippen LogP contribution in [-0.4, -0.2) is 55.6 Å². The number of hydrogen-bond donors (Lipinski definition) is 2. The summed E-state index contributed by atoms with van der Waals surface area (Å²) in [5.74, 6) is -0.959. The van der Waals surface area contributed by atoms with Crippen molar-refractivity contribution < 1.29 is 18.7 Å². The molecule has 2 aliphatic heterocycles. The number of halogens is 1. The van der Waals surface area contributed by atoms with Crippen molar-refractivity contribution in [2.24, 2.45) is 5.92 Å². The average molecular weight is 363 g/mol. The SMILES string of the molecule is CC(C)CN1CCO[C@H](CNC(=O)[C@H]2CC(=O)Nc3cc(F)ccc32)C1. The maximum Gasteiger partial charge on any atom is 0.228 e. The van der Waals surface area contributed by atoms with Gasteiger partial charge in [0.05, 0.1) is 18.6 Å². The van der Waals surface area contributed by atoms with E-state index in [-0.39, 0.29) is 24.3 Å². The zero-order valence-corrected chi connectivity index (χ0v) is 15.3. The minimum Gasteiger partial charge on any atom is -0.374 e. The number of ether oxygens (including phenoxy) is 1. The predicted molar refractivity (Wildman–Crippen MR) is 96.4 cm³/mol. The molecular weight excluding hydrogens is 337 g/mol. The minimum atomic E-state index is -0.602. The Morgan fingerprint density at radius 3 is 3.04 bits per heavy atom. The molecule has 0 spiro atoms. The Labute approximate surface area is 153 Å². The molecule has 2 atom stereocenters. The monoisotopic (exact) mass is 363 g/mol. The fourth-order valence-corrected chi connectivity index (χ4v) is 3.59. The fourth-order valence-electron chi connectivity index (χ4n) is 3.59. The van der Waals surface area contributed by atoms with Crippen LogP contribution >= 0.6 is 0 Å². The van der Waals surface area contributed by atoms with Crippen LogP contribution in [0.25, 0.3) is 0 Å². The van der Waals surface area contributed by atoms with Gasteiger partial charge in [-0.25, -0.2) is 4.39 Å². The van der Waals surface area contributed by atoms with E-state index in [1.807, 2.05) is 0 Å². The second-order valence-corrected chi connectivity index (χ2v) is 7.43. The lowest BCUT2D eigenvalue weighted by molar-refractivity contribution is -0.127. The molecule has 1 aromatic rings. The number of rotatable bonds is 5. The number of hydrogen-bond acceptors (Lipinski definition) is 4. The van der Waals surface area contributed by atoms with Crippen molar-refractivity contribution in [2.45, 2.75) is 32.3 Å². The van der Waals surface area contributed by atoms with Crippen molar-refractivity contribution >= 4 is 17.5 Å². The number of benzene rings is 1. The van der Waals surface area contributed by atoms with Crippen LogP contribution < -0.4 is 10.6 Å². The molecule has 0 aromatic heterocycles. The van der Waals surface area contributed by atoms with E-state index in [4.69, 9.17) is 4.74 Å². The number of nitrogens with one attached hydrogen (secondary N) is 2. The number of fused-ring (bicyclic) bond motifs is 1. The Hall–Kier alpha value is -1.99. The third-order valence-electron chi connectivity index (χ3n) is 4.72. The molecule has 0 aliphatic carbocycles. The van der Waals surface area contributed by atoms with Crippen molar-refractivity contribution in [1.29, 1.82) is 0 Å². The highest BCUT2D eigenvalue weighted by molar-refractivity contribution is 6.01. The fraction of sp³-hybridized carbons (Fsp3) is 0.579. The van der Waals surface area contributed by atoms with Crippen molar-refractivity contribution in [3.05, 3.63) is 29.6 Å². The lowest BCUT2D eigenvalue weighted by Gasteiger charge is -2.34. The first kappa shape index (κ1) is 18.8. The number of amides is 2. The van der Waals surface area contributed by atoms with Gasteiger partial charge in [-0.3, -0.25) is 14.5 Å². The van der Waals surface area contributed by atoms with E-state index in [1.165, 1.54) is 12.1 Å². The van der Waals surface area contributed by atoms with E-state index < -0.39 is 11.7 Å². The van der Waals surface area contributed by atoms with E-state index >= 15 is 0 Å². The number of nitrogens with zero attached hydrogens (tertiary/aromatic N) is 1. The Balaban J connectivity index is 1.59. The molecule has 2 N–H and O–H groups in total. The maximum absolute atomic E-state index is 13.4. The number of carbonyl (C=O) groups is 2. The summed E-state index contributed by atoms with van der Waals surface area (Å²) in [4.78, 5) is 26.8. The first-order valence-corrected chi connectivity index (χ1v) is 9.13. The molecule has 1 fully saturated rings. The normalized spacial score (nSPS) is 23.5. The van der Waals surface area contributed by atoms with E-state index in [1.54, 1.807) is 6.07 Å². The van der Waals surface area contributed by atoms with Gasteiger partial charge in [-0.2, -0.15) is 0 Å². The summed E-state index contributed by atoms with van der Waals surface area (Å²) in [5, 5.41) is 5.53. The second-order valence-electron chi connectivity index (χ2n) is 7.43. The third-order valence-corrected chi connectivity index (χ3v) is 4.72. The molecular formula is C19H26FN3O3. The molecule has 1 saturated heterocycles. The molecule has 0 unspecified atom stereocenters. The van der Waals surface area contributed by atoms with Gasteiger partial charge >= 0.3 is 0 Å². The lowest BCUT2D eigenvalue weighted by Crippen LogP contribution is -2.49. The lowest BCUT2D eigenvalue weighted by atomic mass is 9.89. The Kier molecular flexibility index (Phi) is 5.88. The van der Waals surface area contributed by atoms with Gasteiger partial charge in [0.15, 0.2) is 0 Å². The van der Waals surface area contributed by atoms with Gasteiger partial charge in [0.25, 0.3) is 0 Å². The zero-order chi connectivity index (χ0) is 18.7. The van der Waals surface area contributed by atoms with Crippen LogP contribution in [0.4, 0.5) is 10.1 Å². The van der Waals surface area contributed by atoms with Crippen molar-refractivity contribution in [3.8, 4) is 0 Å². The highest BCUT2D eigenvalue weighted by atomic mass is 19.1. The summed E-state index contributed by atoms with van der Waals surface area (Å²) in [6.07, 6.45) is 0.00620. The van der Waals surface area contributed by atoms with Gasteiger partial charge in [0.2, 0.25) is 11.8 Å². The molecule has 142 valence electrons. The number of morpholine rings is 1. The zero-order valence-electron chi connectivity index (χ0n) is 15.3. The number of anilines is 1. The first-order valence-electron chi connectivity index (χ1n) is 9.13. The molecule has 26 heavy (non-hydrogen) atoms. The molecule has 6 nitrogen and oxygen atoms in total. The minimum absolute atomic E-state index is 0.0587. The van der Waals surface area contributed by atoms with E-state index in [0.717, 1.165) is 19.6 Å². The summed E-state index contributed by atoms with van der Waals surface area (Å²) in [5.41, 5.74) is 1.02. The van der Waals surface area contributed by atoms with Gasteiger partial charge in [-0.1, -0.05) is 19.9 Å². The maximum atomic E-state index is 13.4. The molecule has 0 bridgehead atoms. The van der Waals surface area contributed by atoms with E-state index in [9.17, 15) is 14.0 Å². The Morgan fingerprint density at radius 1 is 1.46 bits per heavy atom. The summed E-state index contributed by atoms with van der Waals surface area (Å²) in [6.45, 7) is 8.12. The summed E-state index contributed by atoms with van der Waals surface area (Å²) in [7, 11) is 0. The van der Waals surface area contributed by atoms with E-state index in [2.05, 4.69) is 29.4 Å². The topological polar surface area (TPSA) is 70.7 Å². The molecule has 3 rings (SSSR count). The highest BCUT2D eigenvalue weighted by Gasteiger charge is 2.31.